The van der Waals surface area contributed by atoms with Crippen molar-refractivity contribution in [3.05, 3.63) is 60.8 Å². The van der Waals surface area contributed by atoms with Crippen LogP contribution in [-0.2, 0) is 37.4 Å². The molecule has 0 amide bonds. The summed E-state index contributed by atoms with van der Waals surface area (Å²) in [5.41, 5.74) is 0. The number of phosphoric acid groups is 1. The summed E-state index contributed by atoms with van der Waals surface area (Å²) in [6.07, 6.45) is 45.8. The number of rotatable bonds is 40. The second-order valence-electron chi connectivity index (χ2n) is 16.8. The van der Waals surface area contributed by atoms with Crippen molar-refractivity contribution in [3.8, 4) is 0 Å². The van der Waals surface area contributed by atoms with Gasteiger partial charge in [-0.3, -0.25) is 18.6 Å². The van der Waals surface area contributed by atoms with E-state index in [-0.39, 0.29) is 38.3 Å². The normalized spacial score (nSPS) is 17.5. The number of ether oxygens (including phenoxy) is 3. The molecular formula is C48H85NO9P+. The SMILES string of the molecule is CCCCC/C=C\C/C=C\CCCCCCCCCC(=O)O[C@H](COC(=O)CCC/C=C\CC1OC1C/C=C\C/C=C\CCCCC)COP(=O)(O)OCC[N+](C)(C)C. The number of hydrogen-bond donors (Lipinski definition) is 1. The molecule has 0 radical (unpaired) electrons. The number of allylic oxidation sites excluding steroid dienone is 8. The van der Waals surface area contributed by atoms with E-state index in [9.17, 15) is 19.0 Å². The van der Waals surface area contributed by atoms with Crippen LogP contribution in [0, 0.1) is 0 Å². The van der Waals surface area contributed by atoms with Gasteiger partial charge in [-0.2, -0.15) is 0 Å². The lowest BCUT2D eigenvalue weighted by Crippen LogP contribution is -2.37. The number of epoxide rings is 1. The van der Waals surface area contributed by atoms with E-state index in [2.05, 4.69) is 74.6 Å². The van der Waals surface area contributed by atoms with Gasteiger partial charge >= 0.3 is 19.8 Å². The van der Waals surface area contributed by atoms with Crippen molar-refractivity contribution in [1.82, 2.24) is 0 Å². The first-order chi connectivity index (χ1) is 28.5. The van der Waals surface area contributed by atoms with Crippen LogP contribution >= 0.6 is 7.82 Å². The minimum absolute atomic E-state index is 0.0162. The van der Waals surface area contributed by atoms with Gasteiger partial charge < -0.3 is 23.6 Å². The van der Waals surface area contributed by atoms with Crippen LogP contribution in [0.3, 0.4) is 0 Å². The first-order valence-electron chi connectivity index (χ1n) is 23.1. The Morgan fingerprint density at radius 1 is 0.610 bits per heavy atom. The molecule has 3 unspecified atom stereocenters. The summed E-state index contributed by atoms with van der Waals surface area (Å²) in [6, 6.07) is 0. The Labute approximate surface area is 360 Å². The molecule has 1 heterocycles. The third-order valence-corrected chi connectivity index (χ3v) is 10.9. The van der Waals surface area contributed by atoms with Gasteiger partial charge in [0, 0.05) is 12.8 Å². The number of carbonyl (C=O) groups is 2. The van der Waals surface area contributed by atoms with E-state index in [0.29, 0.717) is 23.9 Å². The molecule has 1 N–H and O–H groups in total. The quantitative estimate of drug-likeness (QED) is 0.0160. The lowest BCUT2D eigenvalue weighted by atomic mass is 10.1. The van der Waals surface area contributed by atoms with Gasteiger partial charge in [0.15, 0.2) is 6.10 Å². The minimum atomic E-state index is -4.40. The topological polar surface area (TPSA) is 121 Å². The molecule has 0 bridgehead atoms. The van der Waals surface area contributed by atoms with E-state index >= 15 is 0 Å². The summed E-state index contributed by atoms with van der Waals surface area (Å²) < 4.78 is 40.1. The molecule has 0 aromatic rings. The summed E-state index contributed by atoms with van der Waals surface area (Å²) in [6.45, 7) is 4.27. The molecule has 1 rings (SSSR count). The van der Waals surface area contributed by atoms with Crippen LogP contribution in [-0.4, -0.2) is 87.1 Å². The highest BCUT2D eigenvalue weighted by Gasteiger charge is 2.36. The molecule has 0 aromatic heterocycles. The monoisotopic (exact) mass is 851 g/mol. The van der Waals surface area contributed by atoms with Crippen molar-refractivity contribution in [2.45, 2.75) is 186 Å². The van der Waals surface area contributed by atoms with Crippen molar-refractivity contribution in [2.24, 2.45) is 0 Å². The first kappa shape index (κ1) is 54.7. The molecular weight excluding hydrogens is 766 g/mol. The van der Waals surface area contributed by atoms with Crippen molar-refractivity contribution < 1.29 is 46.8 Å². The maximum atomic E-state index is 12.7. The van der Waals surface area contributed by atoms with Crippen LogP contribution in [0.2, 0.25) is 0 Å². The zero-order valence-electron chi connectivity index (χ0n) is 37.9. The van der Waals surface area contributed by atoms with Gasteiger partial charge in [0.2, 0.25) is 0 Å². The van der Waals surface area contributed by atoms with Gasteiger partial charge in [-0.25, -0.2) is 4.57 Å². The minimum Gasteiger partial charge on any atom is -0.462 e. The van der Waals surface area contributed by atoms with Crippen molar-refractivity contribution in [1.29, 1.82) is 0 Å². The van der Waals surface area contributed by atoms with E-state index in [1.54, 1.807) is 0 Å². The van der Waals surface area contributed by atoms with Crippen LogP contribution in [0.15, 0.2) is 60.8 Å². The van der Waals surface area contributed by atoms with Crippen LogP contribution in [0.4, 0.5) is 0 Å². The van der Waals surface area contributed by atoms with E-state index in [1.165, 1.54) is 70.6 Å². The Hall–Kier alpha value is -2.33. The maximum absolute atomic E-state index is 12.7. The number of nitrogens with zero attached hydrogens (tertiary/aromatic N) is 1. The highest BCUT2D eigenvalue weighted by molar-refractivity contribution is 7.47. The van der Waals surface area contributed by atoms with Gasteiger partial charge in [-0.15, -0.1) is 0 Å². The van der Waals surface area contributed by atoms with Gasteiger partial charge in [0.1, 0.15) is 19.8 Å². The Morgan fingerprint density at radius 3 is 1.66 bits per heavy atom. The molecule has 1 aliphatic heterocycles. The van der Waals surface area contributed by atoms with Crippen molar-refractivity contribution in [3.63, 3.8) is 0 Å². The number of hydrogen-bond acceptors (Lipinski definition) is 8. The molecule has 1 fully saturated rings. The molecule has 0 aromatic carbocycles. The van der Waals surface area contributed by atoms with E-state index in [1.807, 2.05) is 21.1 Å². The fourth-order valence-corrected chi connectivity index (χ4v) is 6.88. The molecule has 11 heteroatoms. The summed E-state index contributed by atoms with van der Waals surface area (Å²) in [4.78, 5) is 35.5. The number of unbranched alkanes of at least 4 members (excludes halogenated alkanes) is 14. The van der Waals surface area contributed by atoms with Crippen molar-refractivity contribution >= 4 is 19.8 Å². The summed E-state index contributed by atoms with van der Waals surface area (Å²) in [5.74, 6) is -0.885. The highest BCUT2D eigenvalue weighted by atomic mass is 31.2. The average Bonchev–Trinajstić information content (AvgIpc) is 3.94. The van der Waals surface area contributed by atoms with Crippen LogP contribution in [0.25, 0.3) is 0 Å². The average molecular weight is 851 g/mol. The Bertz CT molecular complexity index is 1260. The lowest BCUT2D eigenvalue weighted by Gasteiger charge is -2.24. The molecule has 0 saturated carbocycles. The molecule has 340 valence electrons. The highest BCUT2D eigenvalue weighted by Crippen LogP contribution is 2.43. The Kier molecular flexibility index (Phi) is 33.7. The number of phosphoric ester groups is 1. The van der Waals surface area contributed by atoms with E-state index < -0.39 is 32.5 Å². The zero-order chi connectivity index (χ0) is 43.3. The van der Waals surface area contributed by atoms with Crippen LogP contribution in [0.1, 0.15) is 168 Å². The van der Waals surface area contributed by atoms with E-state index in [4.69, 9.17) is 23.3 Å². The van der Waals surface area contributed by atoms with Crippen LogP contribution in [0.5, 0.6) is 0 Å². The summed E-state index contributed by atoms with van der Waals surface area (Å²) in [7, 11) is 1.42. The molecule has 0 aliphatic carbocycles. The second kappa shape index (κ2) is 36.3. The number of likely N-dealkylation sites (N-methyl/N-ethyl adjacent to an activating group) is 1. The molecule has 59 heavy (non-hydrogen) atoms. The molecule has 0 spiro atoms. The fourth-order valence-electron chi connectivity index (χ4n) is 6.14. The predicted molar refractivity (Wildman–Crippen MR) is 242 cm³/mol. The van der Waals surface area contributed by atoms with Crippen LogP contribution < -0.4 is 0 Å². The number of quaternary nitrogens is 1. The lowest BCUT2D eigenvalue weighted by molar-refractivity contribution is -0.870. The second-order valence-corrected chi connectivity index (χ2v) is 18.3. The van der Waals surface area contributed by atoms with E-state index in [0.717, 1.165) is 57.8 Å². The molecule has 1 saturated heterocycles. The van der Waals surface area contributed by atoms with Crippen molar-refractivity contribution in [2.75, 3.05) is 47.5 Å². The zero-order valence-corrected chi connectivity index (χ0v) is 38.8. The van der Waals surface area contributed by atoms with Gasteiger partial charge in [0.25, 0.3) is 0 Å². The summed E-state index contributed by atoms with van der Waals surface area (Å²) in [5, 5.41) is 0. The smallest absolute Gasteiger partial charge is 0.462 e. The molecule has 10 nitrogen and oxygen atoms in total. The maximum Gasteiger partial charge on any atom is 0.472 e. The number of carbonyl (C=O) groups excluding carboxylic acids is 2. The summed E-state index contributed by atoms with van der Waals surface area (Å²) >= 11 is 0. The molecule has 4 atom stereocenters. The molecule has 1 aliphatic rings. The van der Waals surface area contributed by atoms with Gasteiger partial charge in [-0.1, -0.05) is 132 Å². The Balaban J connectivity index is 2.32. The largest absolute Gasteiger partial charge is 0.472 e. The fraction of sp³-hybridized carbons (Fsp3) is 0.750. The first-order valence-corrected chi connectivity index (χ1v) is 24.6. The standard InChI is InChI=1S/C48H84NO9P/c1-6-8-10-12-14-16-17-18-19-20-21-22-23-25-27-29-35-39-48(51)57-44(43-56-59(52,53)55-41-40-49(3,4)5)42-54-47(50)38-34-31-30-33-37-46-45(58-46)36-32-28-26-24-15-13-11-9-7-2/h14-16,18-19,24,28,30,32-33,44-46H,6-13,17,20-23,25-27,29,31,34-43H2,1-5H3/p+1/b16-14-,19-18-,24-15-,32-28-,33-30-/t44-,45?,46?/m1/s1. The van der Waals surface area contributed by atoms with Gasteiger partial charge in [0.05, 0.1) is 40.0 Å². The third-order valence-electron chi connectivity index (χ3n) is 9.92. The third kappa shape index (κ3) is 37.2. The Morgan fingerprint density at radius 2 is 1.08 bits per heavy atom. The number of esters is 2. The predicted octanol–water partition coefficient (Wildman–Crippen LogP) is 12.2. The van der Waals surface area contributed by atoms with Gasteiger partial charge in [-0.05, 0) is 83.5 Å².